The minimum absolute atomic E-state index is 0.478. The molecule has 5 nitrogen and oxygen atoms in total. The quantitative estimate of drug-likeness (QED) is 0.566. The number of fused-ring (bicyclic) bond motifs is 3. The van der Waals surface area contributed by atoms with Gasteiger partial charge < -0.3 is 10.2 Å². The number of aryl methyl sites for hydroxylation is 1. The van der Waals surface area contributed by atoms with Crippen LogP contribution in [0.3, 0.4) is 0 Å². The van der Waals surface area contributed by atoms with Gasteiger partial charge in [0.05, 0.1) is 24.1 Å². The van der Waals surface area contributed by atoms with Crippen LogP contribution in [0.5, 0.6) is 0 Å². The summed E-state index contributed by atoms with van der Waals surface area (Å²) in [5, 5.41) is 3.43. The molecule has 0 spiro atoms. The minimum atomic E-state index is 0.478. The van der Waals surface area contributed by atoms with Gasteiger partial charge >= 0.3 is 5.95 Å². The predicted molar refractivity (Wildman–Crippen MR) is 132 cm³/mol. The molecule has 1 aromatic heterocycles. The van der Waals surface area contributed by atoms with Crippen LogP contribution in [-0.4, -0.2) is 12.0 Å². The second kappa shape index (κ2) is 7.68. The maximum absolute atomic E-state index is 6.05. The molecule has 5 heteroatoms. The number of nitrogens with two attached hydrogens (primary N) is 1. The van der Waals surface area contributed by atoms with E-state index in [1.807, 2.05) is 24.6 Å². The summed E-state index contributed by atoms with van der Waals surface area (Å²) in [6.07, 6.45) is 8.73. The van der Waals surface area contributed by atoms with Crippen molar-refractivity contribution < 1.29 is 4.57 Å². The number of benzene rings is 2. The number of aromatic nitrogens is 2. The third-order valence-electron chi connectivity index (χ3n) is 6.22. The molecule has 1 aliphatic heterocycles. The molecule has 0 atom stereocenters. The van der Waals surface area contributed by atoms with E-state index >= 15 is 0 Å². The fourth-order valence-corrected chi connectivity index (χ4v) is 4.32. The molecule has 1 radical (unpaired) electrons. The van der Waals surface area contributed by atoms with Crippen LogP contribution in [0.25, 0.3) is 16.8 Å². The number of nitrogens with zero attached hydrogens (tertiary/aromatic N) is 3. The summed E-state index contributed by atoms with van der Waals surface area (Å²) in [6.45, 7) is 4.13. The van der Waals surface area contributed by atoms with Crippen molar-refractivity contribution in [3.8, 4) is 11.1 Å². The van der Waals surface area contributed by atoms with Crippen LogP contribution in [0, 0.1) is 12.8 Å². The number of anilines is 4. The van der Waals surface area contributed by atoms with Gasteiger partial charge in [0.25, 0.3) is 0 Å². The van der Waals surface area contributed by atoms with Gasteiger partial charge in [-0.2, -0.15) is 0 Å². The standard InChI is InChI=1S/C27H26N5/c1-17-9-11-19(12-10-17)26-23-8-6-5-7-21(23)22-14-13-20(16-24(22)32(26)4)29-25-15-18(2)31(3)27(28)30-25/h5-16H,1-4H3,(H2,28,29,30)/p+1. The number of rotatable bonds is 2. The highest BCUT2D eigenvalue weighted by molar-refractivity contribution is 6.01. The van der Waals surface area contributed by atoms with Crippen molar-refractivity contribution in [3.05, 3.63) is 95.6 Å². The van der Waals surface area contributed by atoms with Gasteiger partial charge in [0, 0.05) is 35.8 Å². The first-order valence-electron chi connectivity index (χ1n) is 10.7. The van der Waals surface area contributed by atoms with Gasteiger partial charge in [-0.3, -0.25) is 5.73 Å². The highest BCUT2D eigenvalue weighted by atomic mass is 15.2. The van der Waals surface area contributed by atoms with Crippen LogP contribution < -0.4 is 20.5 Å². The molecule has 0 bridgehead atoms. The van der Waals surface area contributed by atoms with E-state index in [2.05, 4.69) is 95.9 Å². The SMILES string of the molecule is C[C]1C=CC(=C2c3ccccc3-c3ccc(Nc4cc(C)[n+](C)c(N)n4)cc3N2C)C=C1. The molecule has 32 heavy (non-hydrogen) atoms. The van der Waals surface area contributed by atoms with Crippen LogP contribution >= 0.6 is 0 Å². The summed E-state index contributed by atoms with van der Waals surface area (Å²) in [5.41, 5.74) is 15.3. The predicted octanol–water partition coefficient (Wildman–Crippen LogP) is 5.09. The van der Waals surface area contributed by atoms with E-state index in [0.29, 0.717) is 5.95 Å². The van der Waals surface area contributed by atoms with Crippen LogP contribution in [0.15, 0.2) is 78.4 Å². The Morgan fingerprint density at radius 2 is 1.62 bits per heavy atom. The number of nitrogen functional groups attached to an aromatic ring is 1. The summed E-state index contributed by atoms with van der Waals surface area (Å²) < 4.78 is 1.87. The molecule has 0 fully saturated rings. The average molecular weight is 422 g/mol. The fourth-order valence-electron chi connectivity index (χ4n) is 4.32. The Hall–Kier alpha value is -3.86. The maximum Gasteiger partial charge on any atom is 0.391 e. The molecule has 2 aliphatic rings. The van der Waals surface area contributed by atoms with Gasteiger partial charge in [-0.25, -0.2) is 4.57 Å². The average Bonchev–Trinajstić information content (AvgIpc) is 2.79. The van der Waals surface area contributed by atoms with E-state index in [-0.39, 0.29) is 0 Å². The van der Waals surface area contributed by atoms with Gasteiger partial charge in [0.1, 0.15) is 0 Å². The highest BCUT2D eigenvalue weighted by Crippen LogP contribution is 2.46. The van der Waals surface area contributed by atoms with E-state index in [4.69, 9.17) is 5.73 Å². The van der Waals surface area contributed by atoms with Crippen molar-refractivity contribution in [2.24, 2.45) is 7.05 Å². The van der Waals surface area contributed by atoms with E-state index in [1.54, 1.807) is 0 Å². The molecule has 2 heterocycles. The van der Waals surface area contributed by atoms with Crippen molar-refractivity contribution in [2.75, 3.05) is 23.0 Å². The summed E-state index contributed by atoms with van der Waals surface area (Å²) in [4.78, 5) is 6.76. The molecule has 1 aliphatic carbocycles. The summed E-state index contributed by atoms with van der Waals surface area (Å²) in [6, 6.07) is 17.1. The molecule has 0 saturated heterocycles. The third-order valence-corrected chi connectivity index (χ3v) is 6.22. The number of hydrogen-bond donors (Lipinski definition) is 2. The Balaban J connectivity index is 1.61. The van der Waals surface area contributed by atoms with E-state index in [1.165, 1.54) is 33.9 Å². The molecule has 159 valence electrons. The zero-order valence-corrected chi connectivity index (χ0v) is 18.8. The lowest BCUT2D eigenvalue weighted by atomic mass is 9.88. The lowest BCUT2D eigenvalue weighted by molar-refractivity contribution is -0.665. The Bertz CT molecular complexity index is 1280. The van der Waals surface area contributed by atoms with Crippen LogP contribution in [0.1, 0.15) is 18.2 Å². The van der Waals surface area contributed by atoms with Gasteiger partial charge in [0.15, 0.2) is 0 Å². The second-order valence-electron chi connectivity index (χ2n) is 8.38. The lowest BCUT2D eigenvalue weighted by Crippen LogP contribution is -2.36. The van der Waals surface area contributed by atoms with Crippen molar-refractivity contribution in [3.63, 3.8) is 0 Å². The van der Waals surface area contributed by atoms with Crippen molar-refractivity contribution in [1.29, 1.82) is 0 Å². The summed E-state index contributed by atoms with van der Waals surface area (Å²) >= 11 is 0. The molecular weight excluding hydrogens is 394 g/mol. The fraction of sp³-hybridized carbons (Fsp3) is 0.148. The largest absolute Gasteiger partial charge is 0.391 e. The molecule has 5 rings (SSSR count). The molecular formula is C27H27N5+. The van der Waals surface area contributed by atoms with Crippen LogP contribution in [-0.2, 0) is 7.05 Å². The van der Waals surface area contributed by atoms with Crippen LogP contribution in [0.4, 0.5) is 23.1 Å². The Labute approximate surface area is 189 Å². The Kier molecular flexibility index (Phi) is 4.82. The molecule has 0 amide bonds. The van der Waals surface area contributed by atoms with E-state index < -0.39 is 0 Å². The minimum Gasteiger partial charge on any atom is -0.343 e. The lowest BCUT2D eigenvalue weighted by Gasteiger charge is -2.34. The zero-order chi connectivity index (χ0) is 22.4. The molecule has 0 unspecified atom stereocenters. The monoisotopic (exact) mass is 421 g/mol. The van der Waals surface area contributed by atoms with E-state index in [0.717, 1.165) is 22.9 Å². The molecule has 2 aromatic carbocycles. The van der Waals surface area contributed by atoms with Crippen molar-refractivity contribution in [1.82, 2.24) is 4.98 Å². The first-order valence-corrected chi connectivity index (χ1v) is 10.7. The Morgan fingerprint density at radius 1 is 0.906 bits per heavy atom. The van der Waals surface area contributed by atoms with Gasteiger partial charge in [-0.15, -0.1) is 0 Å². The molecule has 3 N–H and O–H groups in total. The Morgan fingerprint density at radius 3 is 2.34 bits per heavy atom. The molecule has 0 saturated carbocycles. The number of allylic oxidation sites excluding steroid dienone is 5. The highest BCUT2D eigenvalue weighted by Gasteiger charge is 2.26. The zero-order valence-electron chi connectivity index (χ0n) is 18.8. The van der Waals surface area contributed by atoms with Crippen LogP contribution in [0.2, 0.25) is 0 Å². The van der Waals surface area contributed by atoms with Gasteiger partial charge in [-0.1, -0.05) is 66.5 Å². The van der Waals surface area contributed by atoms with Crippen molar-refractivity contribution in [2.45, 2.75) is 13.8 Å². The smallest absolute Gasteiger partial charge is 0.343 e. The van der Waals surface area contributed by atoms with Gasteiger partial charge in [0.2, 0.25) is 5.82 Å². The van der Waals surface area contributed by atoms with Gasteiger partial charge in [-0.05, 0) is 30.2 Å². The normalized spacial score (nSPS) is 15.1. The van der Waals surface area contributed by atoms with E-state index in [9.17, 15) is 0 Å². The topological polar surface area (TPSA) is 58.1 Å². The summed E-state index contributed by atoms with van der Waals surface area (Å²) in [5.74, 6) is 2.47. The number of nitrogens with one attached hydrogen (secondary N) is 1. The second-order valence-corrected chi connectivity index (χ2v) is 8.38. The number of hydrogen-bond acceptors (Lipinski definition) is 4. The first-order chi connectivity index (χ1) is 15.4. The first kappa shape index (κ1) is 20.1. The molecule has 3 aromatic rings. The summed E-state index contributed by atoms with van der Waals surface area (Å²) in [7, 11) is 4.05. The third kappa shape index (κ3) is 3.36. The van der Waals surface area contributed by atoms with Crippen molar-refractivity contribution >= 4 is 28.8 Å². The maximum atomic E-state index is 6.05.